The second-order valence-corrected chi connectivity index (χ2v) is 10.5. The van der Waals surface area contributed by atoms with Crippen molar-refractivity contribution in [2.75, 3.05) is 11.9 Å². The van der Waals surface area contributed by atoms with E-state index < -0.39 is 5.92 Å². The molecule has 2 aromatic carbocycles. The van der Waals surface area contributed by atoms with Crippen LogP contribution in [-0.4, -0.2) is 18.3 Å². The summed E-state index contributed by atoms with van der Waals surface area (Å²) in [6.07, 6.45) is 0.909. The number of carbonyl (C=O) groups excluding carboxylic acids is 2. The Morgan fingerprint density at radius 2 is 2.06 bits per heavy atom. The summed E-state index contributed by atoms with van der Waals surface area (Å²) >= 11 is 3.41. The van der Waals surface area contributed by atoms with Gasteiger partial charge in [-0.3, -0.25) is 9.59 Å². The summed E-state index contributed by atoms with van der Waals surface area (Å²) < 4.78 is 12.4. The van der Waals surface area contributed by atoms with Crippen LogP contribution in [0, 0.1) is 23.7 Å². The Hall–Kier alpha value is -3.57. The smallest absolute Gasteiger partial charge is 0.262 e. The lowest BCUT2D eigenvalue weighted by molar-refractivity contribution is -0.119. The van der Waals surface area contributed by atoms with Crippen molar-refractivity contribution in [1.82, 2.24) is 0 Å². The number of nitriles is 1. The van der Waals surface area contributed by atoms with Crippen molar-refractivity contribution in [2.24, 2.45) is 11.1 Å². The number of ether oxygens (including phenoxy) is 2. The molecule has 7 nitrogen and oxygen atoms in total. The van der Waals surface area contributed by atoms with Crippen LogP contribution >= 0.6 is 15.9 Å². The molecule has 8 heteroatoms. The van der Waals surface area contributed by atoms with Gasteiger partial charge in [-0.2, -0.15) is 5.26 Å². The van der Waals surface area contributed by atoms with Crippen LogP contribution in [0.15, 0.2) is 69.7 Å². The Morgan fingerprint density at radius 3 is 2.77 bits per heavy atom. The standard InChI is InChI=1S/C27H26BrN3O4/c1-15-9-17(28)7-8-20(15)31-23(33)14-34-18-6-4-5-16(10-18)24-19(13-29)26(30)35-22-12-27(2,3)11-21(32)25(22)24/h4-10,24H,11-12,14,30H2,1-3H3,(H,31,33). The number of benzene rings is 2. The van der Waals surface area contributed by atoms with E-state index in [1.54, 1.807) is 18.2 Å². The molecule has 0 bridgehead atoms. The molecular formula is C27H26BrN3O4. The molecule has 3 N–H and O–H groups in total. The lowest BCUT2D eigenvalue weighted by atomic mass is 9.70. The number of anilines is 1. The Bertz CT molecular complexity index is 1320. The van der Waals surface area contributed by atoms with Gasteiger partial charge in [0.15, 0.2) is 12.4 Å². The number of hydrogen-bond acceptors (Lipinski definition) is 6. The van der Waals surface area contributed by atoms with E-state index in [9.17, 15) is 14.9 Å². The highest BCUT2D eigenvalue weighted by molar-refractivity contribution is 9.10. The number of halogens is 1. The Balaban J connectivity index is 1.56. The molecule has 0 fully saturated rings. The molecule has 0 spiro atoms. The summed E-state index contributed by atoms with van der Waals surface area (Å²) in [6.45, 7) is 5.71. The van der Waals surface area contributed by atoms with Gasteiger partial charge in [-0.1, -0.05) is 41.9 Å². The molecule has 4 rings (SSSR count). The number of nitrogens with zero attached hydrogens (tertiary/aromatic N) is 1. The van der Waals surface area contributed by atoms with E-state index >= 15 is 0 Å². The van der Waals surface area contributed by atoms with Crippen molar-refractivity contribution in [3.63, 3.8) is 0 Å². The predicted molar refractivity (Wildman–Crippen MR) is 135 cm³/mol. The number of aryl methyl sites for hydroxylation is 1. The van der Waals surface area contributed by atoms with Gasteiger partial charge in [-0.15, -0.1) is 0 Å². The monoisotopic (exact) mass is 535 g/mol. The molecule has 1 aliphatic carbocycles. The maximum absolute atomic E-state index is 13.1. The Labute approximate surface area is 212 Å². The minimum absolute atomic E-state index is 0.0114. The highest BCUT2D eigenvalue weighted by Crippen LogP contribution is 2.48. The van der Waals surface area contributed by atoms with E-state index in [0.717, 1.165) is 10.0 Å². The number of ketones is 1. The van der Waals surface area contributed by atoms with E-state index in [2.05, 4.69) is 27.3 Å². The highest BCUT2D eigenvalue weighted by atomic mass is 79.9. The largest absolute Gasteiger partial charge is 0.484 e. The van der Waals surface area contributed by atoms with Crippen LogP contribution in [0.3, 0.4) is 0 Å². The molecule has 1 amide bonds. The number of amides is 1. The zero-order valence-electron chi connectivity index (χ0n) is 19.8. The minimum atomic E-state index is -0.643. The summed E-state index contributed by atoms with van der Waals surface area (Å²) in [4.78, 5) is 25.6. The van der Waals surface area contributed by atoms with Gasteiger partial charge < -0.3 is 20.5 Å². The topological polar surface area (TPSA) is 114 Å². The second kappa shape index (κ2) is 9.59. The average molecular weight is 536 g/mol. The van der Waals surface area contributed by atoms with Gasteiger partial charge in [0.1, 0.15) is 23.2 Å². The highest BCUT2D eigenvalue weighted by Gasteiger charge is 2.43. The molecule has 0 saturated heterocycles. The number of allylic oxidation sites excluding steroid dienone is 3. The zero-order chi connectivity index (χ0) is 25.3. The van der Waals surface area contributed by atoms with E-state index in [1.807, 2.05) is 45.0 Å². The van der Waals surface area contributed by atoms with Crippen LogP contribution in [0.4, 0.5) is 5.69 Å². The van der Waals surface area contributed by atoms with Gasteiger partial charge in [0.25, 0.3) is 5.91 Å². The van der Waals surface area contributed by atoms with Crippen LogP contribution in [0.1, 0.15) is 43.7 Å². The van der Waals surface area contributed by atoms with Gasteiger partial charge in [-0.05, 0) is 53.8 Å². The maximum atomic E-state index is 13.1. The Morgan fingerprint density at radius 1 is 1.29 bits per heavy atom. The summed E-state index contributed by atoms with van der Waals surface area (Å²) in [7, 11) is 0. The van der Waals surface area contributed by atoms with E-state index in [1.165, 1.54) is 0 Å². The molecule has 0 aromatic heterocycles. The number of nitrogens with one attached hydrogen (secondary N) is 1. The summed E-state index contributed by atoms with van der Waals surface area (Å²) in [5, 5.41) is 12.6. The fourth-order valence-electron chi connectivity index (χ4n) is 4.50. The van der Waals surface area contributed by atoms with Gasteiger partial charge in [0, 0.05) is 28.6 Å². The molecule has 0 saturated carbocycles. The quantitative estimate of drug-likeness (QED) is 0.541. The lowest BCUT2D eigenvalue weighted by Gasteiger charge is -2.37. The number of rotatable bonds is 5. The summed E-state index contributed by atoms with van der Waals surface area (Å²) in [5.74, 6) is -0.0328. The van der Waals surface area contributed by atoms with Crippen LogP contribution in [-0.2, 0) is 14.3 Å². The van der Waals surface area contributed by atoms with Crippen molar-refractivity contribution in [3.05, 3.63) is 80.9 Å². The van der Waals surface area contributed by atoms with Crippen molar-refractivity contribution in [2.45, 2.75) is 39.5 Å². The van der Waals surface area contributed by atoms with Crippen LogP contribution in [0.25, 0.3) is 0 Å². The van der Waals surface area contributed by atoms with Gasteiger partial charge in [0.05, 0.1) is 5.92 Å². The number of carbonyl (C=O) groups is 2. The first kappa shape index (κ1) is 24.6. The first-order valence-electron chi connectivity index (χ1n) is 11.2. The third-order valence-electron chi connectivity index (χ3n) is 6.10. The molecule has 180 valence electrons. The number of hydrogen-bond donors (Lipinski definition) is 2. The van der Waals surface area contributed by atoms with E-state index in [0.29, 0.717) is 41.2 Å². The number of nitrogens with two attached hydrogens (primary N) is 1. The first-order chi connectivity index (χ1) is 16.6. The third-order valence-corrected chi connectivity index (χ3v) is 6.59. The van der Waals surface area contributed by atoms with Crippen molar-refractivity contribution in [1.29, 1.82) is 5.26 Å². The van der Waals surface area contributed by atoms with Crippen LogP contribution in [0.5, 0.6) is 5.75 Å². The average Bonchev–Trinajstić information content (AvgIpc) is 2.78. The number of Topliss-reactive ketones (excluding diaryl/α,β-unsaturated/α-hetero) is 1. The summed E-state index contributed by atoms with van der Waals surface area (Å²) in [6, 6.07) is 14.7. The normalized spacial score (nSPS) is 18.9. The predicted octanol–water partition coefficient (Wildman–Crippen LogP) is 5.23. The van der Waals surface area contributed by atoms with E-state index in [-0.39, 0.29) is 35.2 Å². The van der Waals surface area contributed by atoms with Crippen LogP contribution in [0.2, 0.25) is 0 Å². The molecule has 1 heterocycles. The first-order valence-corrected chi connectivity index (χ1v) is 12.0. The zero-order valence-corrected chi connectivity index (χ0v) is 21.4. The third kappa shape index (κ3) is 5.25. The van der Waals surface area contributed by atoms with Gasteiger partial charge in [0.2, 0.25) is 5.88 Å². The lowest BCUT2D eigenvalue weighted by Crippen LogP contribution is -2.33. The molecule has 1 atom stereocenters. The SMILES string of the molecule is Cc1cc(Br)ccc1NC(=O)COc1cccc(C2C(C#N)=C(N)OC3=C2C(=O)CC(C)(C)C3)c1. The maximum Gasteiger partial charge on any atom is 0.262 e. The molecule has 2 aromatic rings. The molecule has 1 aliphatic heterocycles. The summed E-state index contributed by atoms with van der Waals surface area (Å²) in [5.41, 5.74) is 8.80. The second-order valence-electron chi connectivity index (χ2n) is 9.57. The molecule has 1 unspecified atom stereocenters. The van der Waals surface area contributed by atoms with E-state index in [4.69, 9.17) is 15.2 Å². The fourth-order valence-corrected chi connectivity index (χ4v) is 4.98. The molecule has 0 radical (unpaired) electrons. The molecular weight excluding hydrogens is 510 g/mol. The van der Waals surface area contributed by atoms with Crippen LogP contribution < -0.4 is 15.8 Å². The van der Waals surface area contributed by atoms with Gasteiger partial charge >= 0.3 is 0 Å². The molecule has 2 aliphatic rings. The minimum Gasteiger partial charge on any atom is -0.484 e. The fraction of sp³-hybridized carbons (Fsp3) is 0.296. The Kier molecular flexibility index (Phi) is 6.73. The van der Waals surface area contributed by atoms with Crippen molar-refractivity contribution < 1.29 is 19.1 Å². The van der Waals surface area contributed by atoms with Crippen molar-refractivity contribution >= 4 is 33.3 Å². The van der Waals surface area contributed by atoms with Gasteiger partial charge in [-0.25, -0.2) is 0 Å². The molecule has 35 heavy (non-hydrogen) atoms. The van der Waals surface area contributed by atoms with Crippen molar-refractivity contribution in [3.8, 4) is 11.8 Å².